The van der Waals surface area contributed by atoms with Crippen molar-refractivity contribution in [3.8, 4) is 0 Å². The van der Waals surface area contributed by atoms with Gasteiger partial charge in [0.2, 0.25) is 10.0 Å². The summed E-state index contributed by atoms with van der Waals surface area (Å²) in [6.45, 7) is 1.99. The van der Waals surface area contributed by atoms with E-state index in [0.717, 1.165) is 12.8 Å². The Labute approximate surface area is 132 Å². The largest absolute Gasteiger partial charge is 0.381 e. The highest BCUT2D eigenvalue weighted by molar-refractivity contribution is 9.10. The molecule has 21 heavy (non-hydrogen) atoms. The Morgan fingerprint density at radius 1 is 1.33 bits per heavy atom. The molecule has 1 amide bonds. The third kappa shape index (κ3) is 4.77. The van der Waals surface area contributed by atoms with E-state index in [9.17, 15) is 13.2 Å². The van der Waals surface area contributed by atoms with Gasteiger partial charge in [0, 0.05) is 29.8 Å². The van der Waals surface area contributed by atoms with Gasteiger partial charge >= 0.3 is 0 Å². The van der Waals surface area contributed by atoms with Crippen molar-refractivity contribution in [1.29, 1.82) is 0 Å². The van der Waals surface area contributed by atoms with Gasteiger partial charge in [-0.2, -0.15) is 0 Å². The molecule has 3 N–H and O–H groups in total. The van der Waals surface area contributed by atoms with Crippen LogP contribution >= 0.6 is 15.9 Å². The zero-order valence-electron chi connectivity index (χ0n) is 11.3. The number of benzene rings is 1. The fraction of sp³-hybridized carbons (Fsp3) is 0.462. The molecule has 1 aromatic carbocycles. The Morgan fingerprint density at radius 2 is 2.00 bits per heavy atom. The number of amides is 1. The number of halogens is 1. The molecule has 2 rings (SSSR count). The van der Waals surface area contributed by atoms with Crippen LogP contribution in [0.3, 0.4) is 0 Å². The van der Waals surface area contributed by atoms with Gasteiger partial charge < -0.3 is 10.1 Å². The lowest BCUT2D eigenvalue weighted by molar-refractivity contribution is 0.0642. The van der Waals surface area contributed by atoms with Crippen LogP contribution in [0.15, 0.2) is 27.6 Å². The molecule has 1 fully saturated rings. The highest BCUT2D eigenvalue weighted by Crippen LogP contribution is 2.19. The molecule has 1 aliphatic heterocycles. The van der Waals surface area contributed by atoms with Gasteiger partial charge in [-0.25, -0.2) is 13.6 Å². The summed E-state index contributed by atoms with van der Waals surface area (Å²) < 4.78 is 28.5. The van der Waals surface area contributed by atoms with Crippen molar-refractivity contribution < 1.29 is 17.9 Å². The molecule has 0 radical (unpaired) electrons. The van der Waals surface area contributed by atoms with Crippen LogP contribution < -0.4 is 10.5 Å². The SMILES string of the molecule is NS(=O)(=O)c1cc(Br)cc(C(=O)NCC2CCOCC2)c1. The van der Waals surface area contributed by atoms with E-state index in [1.54, 1.807) is 6.07 Å². The van der Waals surface area contributed by atoms with Crippen LogP contribution in [-0.2, 0) is 14.8 Å². The third-order valence-electron chi connectivity index (χ3n) is 3.35. The fourth-order valence-electron chi connectivity index (χ4n) is 2.15. The van der Waals surface area contributed by atoms with E-state index >= 15 is 0 Å². The molecule has 0 unspecified atom stereocenters. The quantitative estimate of drug-likeness (QED) is 0.825. The zero-order valence-corrected chi connectivity index (χ0v) is 13.7. The molecule has 1 heterocycles. The Balaban J connectivity index is 2.06. The second-order valence-electron chi connectivity index (χ2n) is 4.99. The summed E-state index contributed by atoms with van der Waals surface area (Å²) in [4.78, 5) is 12.0. The monoisotopic (exact) mass is 376 g/mol. The van der Waals surface area contributed by atoms with Crippen LogP contribution in [0.25, 0.3) is 0 Å². The lowest BCUT2D eigenvalue weighted by Crippen LogP contribution is -2.32. The minimum atomic E-state index is -3.84. The second-order valence-corrected chi connectivity index (χ2v) is 7.46. The maximum Gasteiger partial charge on any atom is 0.251 e. The first-order valence-electron chi connectivity index (χ1n) is 6.55. The van der Waals surface area contributed by atoms with Crippen molar-refractivity contribution in [2.24, 2.45) is 11.1 Å². The van der Waals surface area contributed by atoms with Gasteiger partial charge in [-0.3, -0.25) is 4.79 Å². The van der Waals surface area contributed by atoms with Crippen molar-refractivity contribution in [1.82, 2.24) is 5.32 Å². The third-order valence-corrected chi connectivity index (χ3v) is 4.70. The van der Waals surface area contributed by atoms with Gasteiger partial charge in [-0.1, -0.05) is 15.9 Å². The number of primary sulfonamides is 1. The molecule has 8 heteroatoms. The summed E-state index contributed by atoms with van der Waals surface area (Å²) in [5, 5.41) is 7.91. The Morgan fingerprint density at radius 3 is 2.62 bits per heavy atom. The average Bonchev–Trinajstić information content (AvgIpc) is 2.44. The van der Waals surface area contributed by atoms with Crippen molar-refractivity contribution in [3.05, 3.63) is 28.2 Å². The summed E-state index contributed by atoms with van der Waals surface area (Å²) >= 11 is 3.18. The molecule has 1 saturated heterocycles. The lowest BCUT2D eigenvalue weighted by atomic mass is 10.0. The lowest BCUT2D eigenvalue weighted by Gasteiger charge is -2.22. The van der Waals surface area contributed by atoms with Gasteiger partial charge in [-0.15, -0.1) is 0 Å². The van der Waals surface area contributed by atoms with E-state index in [-0.39, 0.29) is 16.4 Å². The number of hydrogen-bond donors (Lipinski definition) is 2. The summed E-state index contributed by atoms with van der Waals surface area (Å²) in [6, 6.07) is 4.21. The van der Waals surface area contributed by atoms with Gasteiger partial charge in [0.05, 0.1) is 4.90 Å². The number of carbonyl (C=O) groups is 1. The minimum absolute atomic E-state index is 0.0897. The standard InChI is InChI=1S/C13H17BrN2O4S/c14-11-5-10(6-12(7-11)21(15,18)19)13(17)16-8-9-1-3-20-4-2-9/h5-7,9H,1-4,8H2,(H,16,17)(H2,15,18,19). The average molecular weight is 377 g/mol. The number of nitrogens with two attached hydrogens (primary N) is 1. The Bertz CT molecular complexity index is 627. The van der Waals surface area contributed by atoms with E-state index < -0.39 is 10.0 Å². The fourth-order valence-corrected chi connectivity index (χ4v) is 3.37. The van der Waals surface area contributed by atoms with Gasteiger partial charge in [-0.05, 0) is 37.0 Å². The number of ether oxygens (including phenoxy) is 1. The Hall–Kier alpha value is -0.960. The van der Waals surface area contributed by atoms with Crippen LogP contribution in [0.4, 0.5) is 0 Å². The van der Waals surface area contributed by atoms with Crippen molar-refractivity contribution in [2.45, 2.75) is 17.7 Å². The molecular formula is C13H17BrN2O4S. The van der Waals surface area contributed by atoms with Crippen LogP contribution in [0.1, 0.15) is 23.2 Å². The molecule has 0 aliphatic carbocycles. The van der Waals surface area contributed by atoms with Gasteiger partial charge in [0.15, 0.2) is 0 Å². The highest BCUT2D eigenvalue weighted by atomic mass is 79.9. The summed E-state index contributed by atoms with van der Waals surface area (Å²) in [7, 11) is -3.84. The Kier molecular flexibility index (Phi) is 5.37. The number of carbonyl (C=O) groups excluding carboxylic acids is 1. The van der Waals surface area contributed by atoms with Crippen LogP contribution in [0.2, 0.25) is 0 Å². The van der Waals surface area contributed by atoms with E-state index in [2.05, 4.69) is 21.2 Å². The van der Waals surface area contributed by atoms with E-state index in [4.69, 9.17) is 9.88 Å². The molecule has 0 aromatic heterocycles. The first-order chi connectivity index (χ1) is 9.86. The number of rotatable bonds is 4. The molecular weight excluding hydrogens is 360 g/mol. The molecule has 0 atom stereocenters. The molecule has 6 nitrogen and oxygen atoms in total. The predicted octanol–water partition coefficient (Wildman–Crippen LogP) is 1.25. The predicted molar refractivity (Wildman–Crippen MR) is 81.4 cm³/mol. The summed E-state index contributed by atoms with van der Waals surface area (Å²) in [5.74, 6) is 0.0836. The van der Waals surface area contributed by atoms with Crippen LogP contribution in [0, 0.1) is 5.92 Å². The second kappa shape index (κ2) is 6.87. The van der Waals surface area contributed by atoms with Crippen molar-refractivity contribution in [3.63, 3.8) is 0 Å². The van der Waals surface area contributed by atoms with Crippen molar-refractivity contribution >= 4 is 31.9 Å². The number of hydrogen-bond acceptors (Lipinski definition) is 4. The molecule has 0 spiro atoms. The number of sulfonamides is 1. The molecule has 116 valence electrons. The van der Waals surface area contributed by atoms with Gasteiger partial charge in [0.1, 0.15) is 0 Å². The topological polar surface area (TPSA) is 98.5 Å². The van der Waals surface area contributed by atoms with E-state index in [1.807, 2.05) is 0 Å². The van der Waals surface area contributed by atoms with Crippen LogP contribution in [0.5, 0.6) is 0 Å². The maximum atomic E-state index is 12.1. The first-order valence-corrected chi connectivity index (χ1v) is 8.89. The molecule has 1 aliphatic rings. The maximum absolute atomic E-state index is 12.1. The smallest absolute Gasteiger partial charge is 0.251 e. The molecule has 1 aromatic rings. The first kappa shape index (κ1) is 16.4. The molecule has 0 bridgehead atoms. The normalized spacial score (nSPS) is 16.7. The summed E-state index contributed by atoms with van der Waals surface area (Å²) in [5.41, 5.74) is 0.264. The van der Waals surface area contributed by atoms with Crippen LogP contribution in [-0.4, -0.2) is 34.1 Å². The van der Waals surface area contributed by atoms with Crippen molar-refractivity contribution in [2.75, 3.05) is 19.8 Å². The van der Waals surface area contributed by atoms with E-state index in [1.165, 1.54) is 12.1 Å². The van der Waals surface area contributed by atoms with E-state index in [0.29, 0.717) is 30.1 Å². The molecule has 0 saturated carbocycles. The summed E-state index contributed by atoms with van der Waals surface area (Å²) in [6.07, 6.45) is 1.84. The highest BCUT2D eigenvalue weighted by Gasteiger charge is 2.17. The van der Waals surface area contributed by atoms with Gasteiger partial charge in [0.25, 0.3) is 5.91 Å². The zero-order chi connectivity index (χ0) is 15.5. The minimum Gasteiger partial charge on any atom is -0.381 e. The number of nitrogens with one attached hydrogen (secondary N) is 1.